The molecule has 2 spiro atoms. The molecule has 0 bridgehead atoms. The van der Waals surface area contributed by atoms with Crippen LogP contribution in [-0.4, -0.2) is 35.1 Å². The molecule has 36 heavy (non-hydrogen) atoms. The monoisotopic (exact) mass is 497 g/mol. The van der Waals surface area contributed by atoms with Gasteiger partial charge in [0, 0.05) is 28.5 Å². The molecule has 4 aliphatic heterocycles. The van der Waals surface area contributed by atoms with Crippen molar-refractivity contribution in [3.8, 4) is 0 Å². The second-order valence-electron chi connectivity index (χ2n) is 10.2. The van der Waals surface area contributed by atoms with Crippen LogP contribution in [0.15, 0.2) is 66.7 Å². The van der Waals surface area contributed by atoms with Gasteiger partial charge in [0.1, 0.15) is 11.0 Å². The van der Waals surface area contributed by atoms with Gasteiger partial charge in [-0.25, -0.2) is 0 Å². The SMILES string of the molecule is Cc1cccc2c1NC(=O)[C@]21N2CCC[C@H]2[C@@H](C(=O)c2ccccc2Cl)[C@]12C(=O)Nc1ccccc12. The molecule has 0 aromatic heterocycles. The molecule has 2 amide bonds. The smallest absolute Gasteiger partial charge is 0.251 e. The summed E-state index contributed by atoms with van der Waals surface area (Å²) in [5.41, 5.74) is 1.34. The van der Waals surface area contributed by atoms with Crippen molar-refractivity contribution < 1.29 is 14.4 Å². The highest BCUT2D eigenvalue weighted by Crippen LogP contribution is 2.68. The summed E-state index contributed by atoms with van der Waals surface area (Å²) in [6.45, 7) is 2.57. The van der Waals surface area contributed by atoms with Gasteiger partial charge in [0.2, 0.25) is 5.91 Å². The zero-order valence-electron chi connectivity index (χ0n) is 19.7. The van der Waals surface area contributed by atoms with Gasteiger partial charge < -0.3 is 10.6 Å². The van der Waals surface area contributed by atoms with Gasteiger partial charge in [-0.05, 0) is 55.6 Å². The fourth-order valence-corrected chi connectivity index (χ4v) is 7.81. The molecule has 0 aliphatic carbocycles. The van der Waals surface area contributed by atoms with Crippen LogP contribution in [0, 0.1) is 12.8 Å². The van der Waals surface area contributed by atoms with Gasteiger partial charge in [-0.2, -0.15) is 0 Å². The normalized spacial score (nSPS) is 29.8. The third kappa shape index (κ3) is 2.30. The molecule has 0 radical (unpaired) electrons. The van der Waals surface area contributed by atoms with E-state index in [1.165, 1.54) is 0 Å². The number of Topliss-reactive ketones (excluding diaryl/α,β-unsaturated/α-hetero) is 1. The second-order valence-corrected chi connectivity index (χ2v) is 10.6. The Balaban J connectivity index is 1.61. The molecule has 4 atom stereocenters. The maximum Gasteiger partial charge on any atom is 0.251 e. The zero-order chi connectivity index (χ0) is 24.8. The van der Waals surface area contributed by atoms with Crippen molar-refractivity contribution in [2.24, 2.45) is 5.92 Å². The number of benzene rings is 3. The molecule has 3 aromatic rings. The Morgan fingerprint density at radius 2 is 1.69 bits per heavy atom. The summed E-state index contributed by atoms with van der Waals surface area (Å²) in [6, 6.07) is 20.0. The summed E-state index contributed by atoms with van der Waals surface area (Å²) in [6.07, 6.45) is 1.56. The number of para-hydroxylation sites is 2. The third-order valence-electron chi connectivity index (χ3n) is 8.76. The lowest BCUT2D eigenvalue weighted by molar-refractivity contribution is -0.137. The Hall–Kier alpha value is -3.48. The predicted molar refractivity (Wildman–Crippen MR) is 137 cm³/mol. The molecule has 2 saturated heterocycles. The van der Waals surface area contributed by atoms with E-state index >= 15 is 0 Å². The third-order valence-corrected chi connectivity index (χ3v) is 9.09. The number of aryl methyl sites for hydroxylation is 1. The first-order chi connectivity index (χ1) is 17.4. The molecule has 7 heteroatoms. The Bertz CT molecular complexity index is 1500. The van der Waals surface area contributed by atoms with Crippen LogP contribution in [0.25, 0.3) is 0 Å². The minimum absolute atomic E-state index is 0.199. The molecule has 7 rings (SSSR count). The number of ketones is 1. The van der Waals surface area contributed by atoms with Gasteiger partial charge in [0.05, 0.1) is 10.9 Å². The molecule has 4 aliphatic rings. The van der Waals surface area contributed by atoms with Crippen LogP contribution in [0.5, 0.6) is 0 Å². The topological polar surface area (TPSA) is 78.5 Å². The van der Waals surface area contributed by atoms with Crippen molar-refractivity contribution in [2.45, 2.75) is 36.8 Å². The van der Waals surface area contributed by atoms with Crippen LogP contribution in [0.2, 0.25) is 5.02 Å². The van der Waals surface area contributed by atoms with E-state index in [2.05, 4.69) is 15.5 Å². The van der Waals surface area contributed by atoms with E-state index in [0.717, 1.165) is 23.2 Å². The Labute approximate surface area is 213 Å². The van der Waals surface area contributed by atoms with E-state index in [1.807, 2.05) is 49.4 Å². The van der Waals surface area contributed by atoms with E-state index < -0.39 is 16.9 Å². The molecule has 0 saturated carbocycles. The number of halogens is 1. The van der Waals surface area contributed by atoms with Gasteiger partial charge in [-0.1, -0.05) is 60.1 Å². The highest BCUT2D eigenvalue weighted by molar-refractivity contribution is 6.34. The number of rotatable bonds is 2. The highest BCUT2D eigenvalue weighted by atomic mass is 35.5. The molecule has 180 valence electrons. The number of nitrogens with one attached hydrogen (secondary N) is 2. The molecular formula is C29H24ClN3O3. The van der Waals surface area contributed by atoms with Crippen LogP contribution in [0.4, 0.5) is 11.4 Å². The van der Waals surface area contributed by atoms with Crippen molar-refractivity contribution in [1.82, 2.24) is 4.90 Å². The van der Waals surface area contributed by atoms with Crippen molar-refractivity contribution in [2.75, 3.05) is 17.2 Å². The number of hydrogen-bond acceptors (Lipinski definition) is 4. The summed E-state index contributed by atoms with van der Waals surface area (Å²) in [4.78, 5) is 45.5. The van der Waals surface area contributed by atoms with Gasteiger partial charge in [0.25, 0.3) is 5.91 Å². The molecule has 6 nitrogen and oxygen atoms in total. The van der Waals surface area contributed by atoms with E-state index in [1.54, 1.807) is 24.3 Å². The molecule has 2 N–H and O–H groups in total. The van der Waals surface area contributed by atoms with Crippen molar-refractivity contribution in [3.05, 3.63) is 94.0 Å². The Morgan fingerprint density at radius 3 is 2.53 bits per heavy atom. The molecule has 2 fully saturated rings. The van der Waals surface area contributed by atoms with Crippen LogP contribution in [0.3, 0.4) is 0 Å². The van der Waals surface area contributed by atoms with Crippen LogP contribution >= 0.6 is 11.6 Å². The van der Waals surface area contributed by atoms with Gasteiger partial charge in [-0.15, -0.1) is 0 Å². The number of amides is 2. The first-order valence-corrected chi connectivity index (χ1v) is 12.7. The largest absolute Gasteiger partial charge is 0.325 e. The zero-order valence-corrected chi connectivity index (χ0v) is 20.4. The standard InChI is InChI=1S/C29H24ClN3O3/c1-16-8-6-11-19-24(16)32-27(36)29(19)28(18-10-3-5-13-21(18)31-26(28)35)23(22-14-7-15-33(22)29)25(34)17-9-2-4-12-20(17)30/h2-6,8-13,22-23H,7,14-15H2,1H3,(H,31,35)(H,32,36)/t22-,23-,28+,29+/m0/s1. The highest BCUT2D eigenvalue weighted by Gasteiger charge is 2.81. The number of nitrogens with zero attached hydrogens (tertiary/aromatic N) is 1. The van der Waals surface area contributed by atoms with Gasteiger partial charge in [-0.3, -0.25) is 19.3 Å². The predicted octanol–water partition coefficient (Wildman–Crippen LogP) is 4.66. The van der Waals surface area contributed by atoms with E-state index in [4.69, 9.17) is 11.6 Å². The van der Waals surface area contributed by atoms with Gasteiger partial charge >= 0.3 is 0 Å². The number of carbonyl (C=O) groups excluding carboxylic acids is 3. The number of anilines is 2. The summed E-state index contributed by atoms with van der Waals surface area (Å²) < 4.78 is 0. The van der Waals surface area contributed by atoms with E-state index in [9.17, 15) is 14.4 Å². The molecule has 3 aromatic carbocycles. The molecule has 0 unspecified atom stereocenters. The molecular weight excluding hydrogens is 474 g/mol. The average Bonchev–Trinajstić information content (AvgIpc) is 3.59. The molecule has 4 heterocycles. The van der Waals surface area contributed by atoms with Crippen LogP contribution < -0.4 is 10.6 Å². The van der Waals surface area contributed by atoms with Crippen molar-refractivity contribution >= 4 is 40.6 Å². The van der Waals surface area contributed by atoms with E-state index in [-0.39, 0.29) is 23.6 Å². The lowest BCUT2D eigenvalue weighted by Crippen LogP contribution is -2.62. The van der Waals surface area contributed by atoms with Crippen LogP contribution in [-0.2, 0) is 20.5 Å². The average molecular weight is 498 g/mol. The van der Waals surface area contributed by atoms with Crippen LogP contribution in [0.1, 0.15) is 39.9 Å². The second kappa shape index (κ2) is 7.28. The quantitative estimate of drug-likeness (QED) is 0.505. The summed E-state index contributed by atoms with van der Waals surface area (Å²) >= 11 is 6.54. The summed E-state index contributed by atoms with van der Waals surface area (Å²) in [7, 11) is 0. The maximum absolute atomic E-state index is 14.5. The fraction of sp³-hybridized carbons (Fsp3) is 0.276. The van der Waals surface area contributed by atoms with Crippen molar-refractivity contribution in [1.29, 1.82) is 0 Å². The number of carbonyl (C=O) groups is 3. The van der Waals surface area contributed by atoms with Crippen molar-refractivity contribution in [3.63, 3.8) is 0 Å². The minimum atomic E-state index is -1.45. The Kier molecular flexibility index (Phi) is 4.40. The van der Waals surface area contributed by atoms with E-state index in [0.29, 0.717) is 34.8 Å². The maximum atomic E-state index is 14.5. The lowest BCUT2D eigenvalue weighted by Gasteiger charge is -2.43. The number of fused-ring (bicyclic) bond motifs is 7. The summed E-state index contributed by atoms with van der Waals surface area (Å²) in [5, 5.41) is 6.53. The Morgan fingerprint density at radius 1 is 0.944 bits per heavy atom. The first kappa shape index (κ1) is 21.8. The first-order valence-electron chi connectivity index (χ1n) is 12.3. The summed E-state index contributed by atoms with van der Waals surface area (Å²) in [5.74, 6) is -1.55. The number of hydrogen-bond donors (Lipinski definition) is 2. The lowest BCUT2D eigenvalue weighted by atomic mass is 9.57. The minimum Gasteiger partial charge on any atom is -0.325 e. The fourth-order valence-electron chi connectivity index (χ4n) is 7.58. The van der Waals surface area contributed by atoms with Gasteiger partial charge in [0.15, 0.2) is 5.78 Å².